The summed E-state index contributed by atoms with van der Waals surface area (Å²) in [6, 6.07) is 3.95. The van der Waals surface area contributed by atoms with Gasteiger partial charge in [0.1, 0.15) is 0 Å². The smallest absolute Gasteiger partial charge is 0.230 e. The standard InChI is InChI=1S/C13H18N4OS2/c1-9(2)5-6-14-11(18)8-20-13-15-12(16-17-13)10-4-3-7-19-10/h3-4,7,9H,5-6,8H2,1-2H3,(H,14,18)(H,15,16,17). The highest BCUT2D eigenvalue weighted by atomic mass is 32.2. The number of nitrogens with one attached hydrogen (secondary N) is 2. The minimum absolute atomic E-state index is 0.0260. The Kier molecular flexibility index (Phi) is 5.60. The van der Waals surface area contributed by atoms with E-state index in [-0.39, 0.29) is 5.91 Å². The third kappa shape index (κ3) is 4.64. The highest BCUT2D eigenvalue weighted by Crippen LogP contribution is 2.22. The molecule has 20 heavy (non-hydrogen) atoms. The number of hydrogen-bond donors (Lipinski definition) is 2. The molecule has 0 aliphatic rings. The summed E-state index contributed by atoms with van der Waals surface area (Å²) in [5.74, 6) is 1.73. The Labute approximate surface area is 126 Å². The zero-order valence-corrected chi connectivity index (χ0v) is 13.2. The van der Waals surface area contributed by atoms with E-state index in [2.05, 4.69) is 34.3 Å². The second kappa shape index (κ2) is 7.44. The lowest BCUT2D eigenvalue weighted by Crippen LogP contribution is -2.26. The van der Waals surface area contributed by atoms with Gasteiger partial charge in [-0.2, -0.15) is 0 Å². The van der Waals surface area contributed by atoms with Crippen LogP contribution in [0.15, 0.2) is 22.7 Å². The molecule has 5 nitrogen and oxygen atoms in total. The minimum Gasteiger partial charge on any atom is -0.355 e. The molecule has 0 aliphatic carbocycles. The zero-order chi connectivity index (χ0) is 14.4. The van der Waals surface area contributed by atoms with Crippen LogP contribution in [0, 0.1) is 5.92 Å². The predicted molar refractivity (Wildman–Crippen MR) is 82.9 cm³/mol. The summed E-state index contributed by atoms with van der Waals surface area (Å²) in [7, 11) is 0. The first-order valence-electron chi connectivity index (χ1n) is 6.51. The fourth-order valence-electron chi connectivity index (χ4n) is 1.52. The van der Waals surface area contributed by atoms with Crippen LogP contribution < -0.4 is 5.32 Å². The summed E-state index contributed by atoms with van der Waals surface area (Å²) < 4.78 is 0. The van der Waals surface area contributed by atoms with Gasteiger partial charge in [0.2, 0.25) is 11.1 Å². The topological polar surface area (TPSA) is 70.7 Å². The molecule has 2 aromatic rings. The summed E-state index contributed by atoms with van der Waals surface area (Å²) in [6.07, 6.45) is 1.000. The highest BCUT2D eigenvalue weighted by Gasteiger charge is 2.09. The number of H-pyrrole nitrogens is 1. The molecule has 0 saturated carbocycles. The molecular weight excluding hydrogens is 292 g/mol. The van der Waals surface area contributed by atoms with E-state index in [9.17, 15) is 4.79 Å². The molecule has 0 atom stereocenters. The lowest BCUT2D eigenvalue weighted by Gasteiger charge is -2.05. The number of thioether (sulfide) groups is 1. The molecule has 1 amide bonds. The van der Waals surface area contributed by atoms with Gasteiger partial charge < -0.3 is 5.32 Å². The van der Waals surface area contributed by atoms with E-state index in [0.29, 0.717) is 16.8 Å². The van der Waals surface area contributed by atoms with Crippen molar-refractivity contribution in [3.05, 3.63) is 17.5 Å². The Hall–Kier alpha value is -1.34. The van der Waals surface area contributed by atoms with Crippen LogP contribution in [0.2, 0.25) is 0 Å². The molecule has 0 radical (unpaired) electrons. The zero-order valence-electron chi connectivity index (χ0n) is 11.5. The molecule has 0 fully saturated rings. The Bertz CT molecular complexity index is 536. The Morgan fingerprint density at radius 1 is 1.55 bits per heavy atom. The van der Waals surface area contributed by atoms with Crippen molar-refractivity contribution in [3.8, 4) is 10.7 Å². The fraction of sp³-hybridized carbons (Fsp3) is 0.462. The second-order valence-electron chi connectivity index (χ2n) is 4.77. The normalized spacial score (nSPS) is 10.9. The Balaban J connectivity index is 1.75. The SMILES string of the molecule is CC(C)CCNC(=O)CSc1n[nH]c(-c2cccs2)n1. The first-order chi connectivity index (χ1) is 9.65. The number of thiophene rings is 1. The van der Waals surface area contributed by atoms with Gasteiger partial charge in [-0.25, -0.2) is 4.98 Å². The fourth-order valence-corrected chi connectivity index (χ4v) is 2.81. The molecule has 0 bridgehead atoms. The van der Waals surface area contributed by atoms with Crippen LogP contribution in [0.3, 0.4) is 0 Å². The molecule has 2 heterocycles. The van der Waals surface area contributed by atoms with Crippen molar-refractivity contribution in [3.63, 3.8) is 0 Å². The molecule has 0 saturated heterocycles. The summed E-state index contributed by atoms with van der Waals surface area (Å²) >= 11 is 2.95. The third-order valence-electron chi connectivity index (χ3n) is 2.60. The largest absolute Gasteiger partial charge is 0.355 e. The number of aromatic amines is 1. The van der Waals surface area contributed by atoms with Crippen LogP contribution in [-0.2, 0) is 4.79 Å². The Morgan fingerprint density at radius 2 is 2.40 bits per heavy atom. The van der Waals surface area contributed by atoms with Crippen molar-refractivity contribution in [2.45, 2.75) is 25.4 Å². The maximum absolute atomic E-state index is 11.6. The highest BCUT2D eigenvalue weighted by molar-refractivity contribution is 7.99. The van der Waals surface area contributed by atoms with Crippen molar-refractivity contribution in [2.24, 2.45) is 5.92 Å². The number of amides is 1. The number of nitrogens with zero attached hydrogens (tertiary/aromatic N) is 2. The molecule has 0 unspecified atom stereocenters. The summed E-state index contributed by atoms with van der Waals surface area (Å²) in [5, 5.41) is 12.5. The van der Waals surface area contributed by atoms with Gasteiger partial charge in [-0.1, -0.05) is 31.7 Å². The van der Waals surface area contributed by atoms with Crippen molar-refractivity contribution in [2.75, 3.05) is 12.3 Å². The first-order valence-corrected chi connectivity index (χ1v) is 8.37. The molecule has 7 heteroatoms. The summed E-state index contributed by atoms with van der Waals surface area (Å²) in [6.45, 7) is 5.01. The van der Waals surface area contributed by atoms with Crippen molar-refractivity contribution in [1.82, 2.24) is 20.5 Å². The summed E-state index contributed by atoms with van der Waals surface area (Å²) in [4.78, 5) is 17.0. The molecule has 2 aromatic heterocycles. The number of carbonyl (C=O) groups excluding carboxylic acids is 1. The Morgan fingerprint density at radius 3 is 3.10 bits per heavy atom. The minimum atomic E-state index is 0.0260. The van der Waals surface area contributed by atoms with E-state index in [1.807, 2.05) is 17.5 Å². The number of hydrogen-bond acceptors (Lipinski definition) is 5. The number of aromatic nitrogens is 3. The van der Waals surface area contributed by atoms with Crippen LogP contribution in [0.25, 0.3) is 10.7 Å². The first kappa shape index (κ1) is 15.1. The summed E-state index contributed by atoms with van der Waals surface area (Å²) in [5.41, 5.74) is 0. The van der Waals surface area contributed by atoms with Crippen molar-refractivity contribution >= 4 is 29.0 Å². The van der Waals surface area contributed by atoms with Gasteiger partial charge in [0.25, 0.3) is 0 Å². The molecule has 0 spiro atoms. The lowest BCUT2D eigenvalue weighted by molar-refractivity contribution is -0.118. The van der Waals surface area contributed by atoms with E-state index in [4.69, 9.17) is 0 Å². The molecule has 108 valence electrons. The van der Waals surface area contributed by atoms with Crippen molar-refractivity contribution < 1.29 is 4.79 Å². The van der Waals surface area contributed by atoms with Gasteiger partial charge in [-0.3, -0.25) is 9.89 Å². The van der Waals surface area contributed by atoms with Crippen LogP contribution in [-0.4, -0.2) is 33.4 Å². The van der Waals surface area contributed by atoms with Crippen LogP contribution in [0.5, 0.6) is 0 Å². The van der Waals surface area contributed by atoms with Gasteiger partial charge in [0.05, 0.1) is 10.6 Å². The maximum atomic E-state index is 11.6. The van der Waals surface area contributed by atoms with E-state index in [1.165, 1.54) is 11.8 Å². The van der Waals surface area contributed by atoms with Gasteiger partial charge in [0.15, 0.2) is 5.82 Å². The van der Waals surface area contributed by atoms with Gasteiger partial charge in [-0.15, -0.1) is 16.4 Å². The lowest BCUT2D eigenvalue weighted by atomic mass is 10.1. The average Bonchev–Trinajstić information content (AvgIpc) is 3.06. The van der Waals surface area contributed by atoms with Crippen LogP contribution >= 0.6 is 23.1 Å². The van der Waals surface area contributed by atoms with E-state index >= 15 is 0 Å². The van der Waals surface area contributed by atoms with Gasteiger partial charge in [-0.05, 0) is 23.8 Å². The monoisotopic (exact) mass is 310 g/mol. The molecule has 2 rings (SSSR count). The van der Waals surface area contributed by atoms with Crippen molar-refractivity contribution in [1.29, 1.82) is 0 Å². The van der Waals surface area contributed by atoms with Crippen LogP contribution in [0.4, 0.5) is 0 Å². The molecule has 0 aliphatic heterocycles. The maximum Gasteiger partial charge on any atom is 0.230 e. The molecule has 2 N–H and O–H groups in total. The number of rotatable bonds is 7. The second-order valence-corrected chi connectivity index (χ2v) is 6.66. The van der Waals surface area contributed by atoms with Gasteiger partial charge >= 0.3 is 0 Å². The van der Waals surface area contributed by atoms with Gasteiger partial charge in [0, 0.05) is 6.54 Å². The molecule has 0 aromatic carbocycles. The average molecular weight is 310 g/mol. The number of carbonyl (C=O) groups is 1. The quantitative estimate of drug-likeness (QED) is 0.772. The van der Waals surface area contributed by atoms with E-state index in [1.54, 1.807) is 11.3 Å². The predicted octanol–water partition coefficient (Wildman–Crippen LogP) is 2.79. The van der Waals surface area contributed by atoms with E-state index < -0.39 is 0 Å². The molecular formula is C13H18N4OS2. The van der Waals surface area contributed by atoms with Crippen LogP contribution in [0.1, 0.15) is 20.3 Å². The third-order valence-corrected chi connectivity index (χ3v) is 4.32. The van der Waals surface area contributed by atoms with E-state index in [0.717, 1.165) is 23.7 Å².